The van der Waals surface area contributed by atoms with E-state index >= 15 is 0 Å². The highest BCUT2D eigenvalue weighted by Gasteiger charge is 1.54. The zero-order chi connectivity index (χ0) is 3.41. The minimum atomic E-state index is 0.678. The Labute approximate surface area is 39.5 Å². The van der Waals surface area contributed by atoms with Gasteiger partial charge in [0.15, 0.2) is 0 Å². The number of hydrogen-bond acceptors (Lipinski definition) is 1. The average Bonchev–Trinajstić information content (AvgIpc) is 1.37. The van der Waals surface area contributed by atoms with Gasteiger partial charge < -0.3 is 4.74 Å². The molecule has 0 spiro atoms. The van der Waals surface area contributed by atoms with Crippen molar-refractivity contribution >= 4 is 22.6 Å². The lowest BCUT2D eigenvalue weighted by Gasteiger charge is -1.73. The molecule has 4 heavy (non-hydrogen) atoms. The van der Waals surface area contributed by atoms with Crippen molar-refractivity contribution in [3.05, 3.63) is 7.11 Å². The smallest absolute Gasteiger partial charge is 0.0980 e. The highest BCUT2D eigenvalue weighted by molar-refractivity contribution is 14.1. The Morgan fingerprint density at radius 1 is 2.00 bits per heavy atom. The van der Waals surface area contributed by atoms with E-state index in [9.17, 15) is 0 Å². The van der Waals surface area contributed by atoms with E-state index in [0.717, 1.165) is 0 Å². The Hall–Kier alpha value is 0.690. The highest BCUT2D eigenvalue weighted by Crippen LogP contribution is 1.76. The molecule has 0 amide bonds. The topological polar surface area (TPSA) is 9.23 Å². The SMILES string of the molecule is [CH2]OCI. The summed E-state index contributed by atoms with van der Waals surface area (Å²) in [5.41, 5.74) is 0. The van der Waals surface area contributed by atoms with Gasteiger partial charge in [-0.2, -0.15) is 0 Å². The summed E-state index contributed by atoms with van der Waals surface area (Å²) in [6.45, 7) is 0. The van der Waals surface area contributed by atoms with Gasteiger partial charge in [-0.25, -0.2) is 0 Å². The third-order valence-electron chi connectivity index (χ3n) is 0.0772. The molecule has 0 bridgehead atoms. The van der Waals surface area contributed by atoms with Crippen LogP contribution in [0.3, 0.4) is 0 Å². The summed E-state index contributed by atoms with van der Waals surface area (Å²) in [6, 6.07) is 0. The molecule has 0 rings (SSSR count). The Morgan fingerprint density at radius 3 is 2.25 bits per heavy atom. The largest absolute Gasteiger partial charge is 0.369 e. The lowest BCUT2D eigenvalue weighted by molar-refractivity contribution is 0.320. The van der Waals surface area contributed by atoms with Gasteiger partial charge in [0.25, 0.3) is 0 Å². The third kappa shape index (κ3) is 2.69. The van der Waals surface area contributed by atoms with E-state index < -0.39 is 0 Å². The van der Waals surface area contributed by atoms with Crippen LogP contribution in [-0.4, -0.2) is 4.61 Å². The predicted molar refractivity (Wildman–Crippen MR) is 25.3 cm³/mol. The normalized spacial score (nSPS) is 7.50. The number of alkyl halides is 1. The first-order valence-electron chi connectivity index (χ1n) is 0.845. The van der Waals surface area contributed by atoms with E-state index in [2.05, 4.69) is 34.4 Å². The fourth-order valence-electron chi connectivity index (χ4n) is 0. The van der Waals surface area contributed by atoms with Gasteiger partial charge in [0, 0.05) is 0 Å². The first-order valence-corrected chi connectivity index (χ1v) is 2.37. The number of rotatable bonds is 1. The molecule has 0 N–H and O–H groups in total. The molecule has 0 atom stereocenters. The quantitative estimate of drug-likeness (QED) is 0.425. The van der Waals surface area contributed by atoms with Crippen molar-refractivity contribution in [3.8, 4) is 0 Å². The van der Waals surface area contributed by atoms with Crippen LogP contribution in [0.4, 0.5) is 0 Å². The molecule has 0 fully saturated rings. The monoisotopic (exact) mass is 171 g/mol. The van der Waals surface area contributed by atoms with Crippen LogP contribution in [0.2, 0.25) is 0 Å². The number of halogens is 1. The average molecular weight is 171 g/mol. The van der Waals surface area contributed by atoms with Gasteiger partial charge in [-0.3, -0.25) is 0 Å². The summed E-state index contributed by atoms with van der Waals surface area (Å²) in [7, 11) is 3.10. The molecule has 0 aromatic heterocycles. The molecule has 0 saturated carbocycles. The van der Waals surface area contributed by atoms with Gasteiger partial charge in [-0.1, -0.05) is 22.6 Å². The minimum Gasteiger partial charge on any atom is -0.369 e. The Balaban J connectivity index is 1.97. The summed E-state index contributed by atoms with van der Waals surface area (Å²) in [6.07, 6.45) is 0. The van der Waals surface area contributed by atoms with E-state index in [1.54, 1.807) is 0 Å². The predicted octanol–water partition coefficient (Wildman–Crippen LogP) is 1.19. The van der Waals surface area contributed by atoms with Crippen LogP contribution in [0.5, 0.6) is 0 Å². The summed E-state index contributed by atoms with van der Waals surface area (Å²) in [4.78, 5) is 0. The maximum absolute atomic E-state index is 4.28. The fourth-order valence-corrected chi connectivity index (χ4v) is 0. The van der Waals surface area contributed by atoms with E-state index in [1.807, 2.05) is 0 Å². The molecule has 0 saturated heterocycles. The van der Waals surface area contributed by atoms with Gasteiger partial charge >= 0.3 is 0 Å². The fraction of sp³-hybridized carbons (Fsp3) is 0.500. The van der Waals surface area contributed by atoms with E-state index in [1.165, 1.54) is 0 Å². The highest BCUT2D eigenvalue weighted by atomic mass is 127. The van der Waals surface area contributed by atoms with Crippen LogP contribution in [0, 0.1) is 7.11 Å². The molecule has 25 valence electrons. The van der Waals surface area contributed by atoms with Crippen molar-refractivity contribution in [2.45, 2.75) is 0 Å². The zero-order valence-electron chi connectivity index (χ0n) is 2.20. The van der Waals surface area contributed by atoms with Crippen LogP contribution in [0.1, 0.15) is 0 Å². The molecule has 0 aliphatic rings. The second-order valence-electron chi connectivity index (χ2n) is 0.313. The Morgan fingerprint density at radius 2 is 2.25 bits per heavy atom. The molecule has 1 radical (unpaired) electrons. The molecule has 0 heterocycles. The Kier molecular flexibility index (Phi) is 4.33. The Bertz CT molecular complexity index is 8.00. The van der Waals surface area contributed by atoms with Crippen LogP contribution < -0.4 is 0 Å². The van der Waals surface area contributed by atoms with Gasteiger partial charge in [-0.15, -0.1) is 0 Å². The molecule has 1 nitrogen and oxygen atoms in total. The molecule has 0 aromatic rings. The number of hydrogen-bond donors (Lipinski definition) is 0. The van der Waals surface area contributed by atoms with Gasteiger partial charge in [0.2, 0.25) is 0 Å². The molecule has 0 unspecified atom stereocenters. The molecule has 2 heteroatoms. The summed E-state index contributed by atoms with van der Waals surface area (Å²) < 4.78 is 4.96. The standard InChI is InChI=1S/C2H4IO/c1-4-2-3/h1-2H2. The second-order valence-corrected chi connectivity index (χ2v) is 0.936. The second kappa shape index (κ2) is 3.69. The van der Waals surface area contributed by atoms with E-state index in [0.29, 0.717) is 4.61 Å². The maximum Gasteiger partial charge on any atom is 0.0980 e. The number of ether oxygens (including phenoxy) is 1. The van der Waals surface area contributed by atoms with E-state index in [-0.39, 0.29) is 0 Å². The zero-order valence-corrected chi connectivity index (χ0v) is 4.36. The first kappa shape index (κ1) is 4.69. The van der Waals surface area contributed by atoms with Gasteiger partial charge in [0.05, 0.1) is 11.7 Å². The molecule has 0 aliphatic carbocycles. The van der Waals surface area contributed by atoms with Gasteiger partial charge in [0.1, 0.15) is 0 Å². The lowest BCUT2D eigenvalue weighted by atomic mass is 11.6. The van der Waals surface area contributed by atoms with Crippen LogP contribution in [0.25, 0.3) is 0 Å². The van der Waals surface area contributed by atoms with Crippen molar-refractivity contribution in [1.29, 1.82) is 0 Å². The lowest BCUT2D eigenvalue weighted by Crippen LogP contribution is -1.63. The third-order valence-corrected chi connectivity index (χ3v) is 0.518. The first-order chi connectivity index (χ1) is 1.91. The molecular weight excluding hydrogens is 167 g/mol. The van der Waals surface area contributed by atoms with Crippen molar-refractivity contribution in [3.63, 3.8) is 0 Å². The van der Waals surface area contributed by atoms with E-state index in [4.69, 9.17) is 0 Å². The molecule has 0 aromatic carbocycles. The van der Waals surface area contributed by atoms with Crippen molar-refractivity contribution in [2.24, 2.45) is 0 Å². The minimum absolute atomic E-state index is 0.678. The summed E-state index contributed by atoms with van der Waals surface area (Å²) in [5.74, 6) is 0. The summed E-state index contributed by atoms with van der Waals surface area (Å²) >= 11 is 2.07. The van der Waals surface area contributed by atoms with Crippen molar-refractivity contribution in [2.75, 3.05) is 4.61 Å². The molecule has 0 aliphatic heterocycles. The maximum atomic E-state index is 4.28. The van der Waals surface area contributed by atoms with Crippen LogP contribution in [-0.2, 0) is 4.74 Å². The van der Waals surface area contributed by atoms with Crippen LogP contribution >= 0.6 is 22.6 Å². The van der Waals surface area contributed by atoms with Gasteiger partial charge in [-0.05, 0) is 0 Å². The van der Waals surface area contributed by atoms with Crippen molar-refractivity contribution < 1.29 is 4.74 Å². The van der Waals surface area contributed by atoms with Crippen LogP contribution in [0.15, 0.2) is 0 Å². The molecular formula is C2H4IO. The van der Waals surface area contributed by atoms with Crippen molar-refractivity contribution in [1.82, 2.24) is 0 Å². The summed E-state index contributed by atoms with van der Waals surface area (Å²) in [5, 5.41) is 0.